The summed E-state index contributed by atoms with van der Waals surface area (Å²) in [6.07, 6.45) is 0.222. The van der Waals surface area contributed by atoms with Crippen molar-refractivity contribution in [3.05, 3.63) is 0 Å². The van der Waals surface area contributed by atoms with Gasteiger partial charge in [0.1, 0.15) is 0 Å². The molecule has 1 N–H and O–H groups in total. The van der Waals surface area contributed by atoms with E-state index in [1.165, 1.54) is 0 Å². The Morgan fingerprint density at radius 1 is 1.83 bits per heavy atom. The molecule has 6 heavy (non-hydrogen) atoms. The first-order chi connectivity index (χ1) is 2.27. The number of rotatable bonds is 1. The van der Waals surface area contributed by atoms with Crippen LogP contribution in [0.25, 0.3) is 0 Å². The van der Waals surface area contributed by atoms with Crippen molar-refractivity contribution in [2.24, 2.45) is 0 Å². The second-order valence-corrected chi connectivity index (χ2v) is 0.747. The molecule has 3 radical (unpaired) electrons. The van der Waals surface area contributed by atoms with Crippen LogP contribution in [0.3, 0.4) is 0 Å². The molecule has 0 bridgehead atoms. The molecule has 0 saturated heterocycles. The predicted molar refractivity (Wildman–Crippen MR) is 23.7 cm³/mol. The first-order valence-corrected chi connectivity index (χ1v) is 1.49. The second-order valence-electron chi connectivity index (χ2n) is 0.747. The number of carboxylic acids is 1. The van der Waals surface area contributed by atoms with E-state index in [-0.39, 0.29) is 32.3 Å². The van der Waals surface area contributed by atoms with Crippen molar-refractivity contribution in [1.82, 2.24) is 0 Å². The van der Waals surface area contributed by atoms with E-state index < -0.39 is 5.97 Å². The number of hydrogen-bond donors (Lipinski definition) is 1. The zero-order valence-corrected chi connectivity index (χ0v) is 6.94. The van der Waals surface area contributed by atoms with Gasteiger partial charge in [-0.1, -0.05) is 6.92 Å². The van der Waals surface area contributed by atoms with E-state index in [4.69, 9.17) is 5.11 Å². The largest absolute Gasteiger partial charge is 0.481 e. The maximum atomic E-state index is 9.37. The van der Waals surface area contributed by atoms with Crippen LogP contribution in [0.15, 0.2) is 0 Å². The van der Waals surface area contributed by atoms with E-state index in [0.29, 0.717) is 0 Å². The van der Waals surface area contributed by atoms with Crippen LogP contribution >= 0.6 is 0 Å². The molecule has 0 amide bonds. The molecule has 0 atom stereocenters. The maximum Gasteiger partial charge on any atom is 0.303 e. The molecular formula is C3H6InO2. The van der Waals surface area contributed by atoms with Crippen LogP contribution in [-0.4, -0.2) is 36.9 Å². The SMILES string of the molecule is CCC(=O)O.[In]. The number of carboxylic acid groups (broad SMARTS) is 1. The van der Waals surface area contributed by atoms with Crippen molar-refractivity contribution in [1.29, 1.82) is 0 Å². The summed E-state index contributed by atoms with van der Waals surface area (Å²) in [4.78, 5) is 9.37. The van der Waals surface area contributed by atoms with E-state index in [1.54, 1.807) is 6.92 Å². The Bertz CT molecular complexity index is 44.1. The van der Waals surface area contributed by atoms with Crippen molar-refractivity contribution in [2.45, 2.75) is 13.3 Å². The smallest absolute Gasteiger partial charge is 0.303 e. The molecule has 0 unspecified atom stereocenters. The normalized spacial score (nSPS) is 6.17. The van der Waals surface area contributed by atoms with Gasteiger partial charge < -0.3 is 5.11 Å². The molecule has 0 rings (SSSR count). The summed E-state index contributed by atoms with van der Waals surface area (Å²) in [5.41, 5.74) is 0. The molecular weight excluding hydrogens is 183 g/mol. The molecule has 0 spiro atoms. The summed E-state index contributed by atoms with van der Waals surface area (Å²) in [5.74, 6) is -0.745. The summed E-state index contributed by atoms with van der Waals surface area (Å²) < 4.78 is 0. The number of carbonyl (C=O) groups is 1. The summed E-state index contributed by atoms with van der Waals surface area (Å²) in [7, 11) is 0. The van der Waals surface area contributed by atoms with Gasteiger partial charge in [0, 0.05) is 32.3 Å². The molecule has 0 aliphatic heterocycles. The van der Waals surface area contributed by atoms with Gasteiger partial charge in [-0.05, 0) is 0 Å². The van der Waals surface area contributed by atoms with Crippen molar-refractivity contribution < 1.29 is 9.90 Å². The van der Waals surface area contributed by atoms with Gasteiger partial charge in [-0.15, -0.1) is 0 Å². The molecule has 0 fully saturated rings. The fourth-order valence-corrected chi connectivity index (χ4v) is 0. The third-order valence-corrected chi connectivity index (χ3v) is 0.302. The van der Waals surface area contributed by atoms with Crippen LogP contribution in [0.5, 0.6) is 0 Å². The van der Waals surface area contributed by atoms with E-state index in [1.807, 2.05) is 0 Å². The predicted octanol–water partition coefficient (Wildman–Crippen LogP) is 0.100. The molecule has 3 heteroatoms. The van der Waals surface area contributed by atoms with E-state index in [0.717, 1.165) is 0 Å². The number of hydrogen-bond acceptors (Lipinski definition) is 1. The Morgan fingerprint density at radius 2 is 2.00 bits per heavy atom. The summed E-state index contributed by atoms with van der Waals surface area (Å²) in [6, 6.07) is 0. The Labute approximate surface area is 55.3 Å². The van der Waals surface area contributed by atoms with Gasteiger partial charge in [0.2, 0.25) is 0 Å². The topological polar surface area (TPSA) is 37.3 Å². The zero-order valence-electron chi connectivity index (χ0n) is 3.64. The van der Waals surface area contributed by atoms with Gasteiger partial charge in [-0.25, -0.2) is 0 Å². The molecule has 0 aromatic rings. The molecule has 0 aliphatic carbocycles. The van der Waals surface area contributed by atoms with Gasteiger partial charge in [0.15, 0.2) is 0 Å². The molecule has 0 aromatic carbocycles. The standard InChI is InChI=1S/C3H6O2.In/c1-2-3(4)5;/h2H2,1H3,(H,4,5);. The van der Waals surface area contributed by atoms with E-state index in [9.17, 15) is 4.79 Å². The number of aliphatic carboxylic acids is 1. The van der Waals surface area contributed by atoms with Crippen molar-refractivity contribution in [3.63, 3.8) is 0 Å². The van der Waals surface area contributed by atoms with E-state index >= 15 is 0 Å². The third kappa shape index (κ3) is 8.84. The van der Waals surface area contributed by atoms with Crippen LogP contribution in [0, 0.1) is 0 Å². The molecule has 0 heterocycles. The Kier molecular flexibility index (Phi) is 8.54. The fourth-order valence-electron chi connectivity index (χ4n) is 0. The Balaban J connectivity index is 0. The zero-order chi connectivity index (χ0) is 4.28. The van der Waals surface area contributed by atoms with Crippen LogP contribution in [0.4, 0.5) is 0 Å². The van der Waals surface area contributed by atoms with E-state index in [2.05, 4.69) is 0 Å². The van der Waals surface area contributed by atoms with Gasteiger partial charge in [-0.3, -0.25) is 4.79 Å². The Hall–Kier alpha value is 0.340. The maximum absolute atomic E-state index is 9.37. The first kappa shape index (κ1) is 9.60. The molecule has 0 saturated carbocycles. The van der Waals surface area contributed by atoms with Crippen LogP contribution in [0.2, 0.25) is 0 Å². The van der Waals surface area contributed by atoms with Crippen molar-refractivity contribution >= 4 is 31.8 Å². The van der Waals surface area contributed by atoms with Crippen LogP contribution < -0.4 is 0 Å². The van der Waals surface area contributed by atoms with Crippen molar-refractivity contribution in [2.75, 3.05) is 0 Å². The summed E-state index contributed by atoms with van der Waals surface area (Å²) in [6.45, 7) is 1.60. The van der Waals surface area contributed by atoms with Gasteiger partial charge in [0.05, 0.1) is 0 Å². The molecule has 0 aliphatic rings. The minimum absolute atomic E-state index is 0. The minimum Gasteiger partial charge on any atom is -0.481 e. The molecule has 33 valence electrons. The average Bonchev–Trinajstić information content (AvgIpc) is 1.38. The van der Waals surface area contributed by atoms with Crippen molar-refractivity contribution in [3.8, 4) is 0 Å². The Morgan fingerprint density at radius 3 is 2.00 bits per heavy atom. The van der Waals surface area contributed by atoms with Gasteiger partial charge in [-0.2, -0.15) is 0 Å². The average molecular weight is 189 g/mol. The van der Waals surface area contributed by atoms with Crippen LogP contribution in [-0.2, 0) is 4.79 Å². The summed E-state index contributed by atoms with van der Waals surface area (Å²) in [5, 5.41) is 7.72. The van der Waals surface area contributed by atoms with Gasteiger partial charge in [0.25, 0.3) is 0 Å². The first-order valence-electron chi connectivity index (χ1n) is 1.49. The quantitative estimate of drug-likeness (QED) is 0.634. The summed E-state index contributed by atoms with van der Waals surface area (Å²) >= 11 is 0. The second kappa shape index (κ2) is 5.34. The van der Waals surface area contributed by atoms with Crippen LogP contribution in [0.1, 0.15) is 13.3 Å². The molecule has 0 aromatic heterocycles. The fraction of sp³-hybridized carbons (Fsp3) is 0.667. The minimum atomic E-state index is -0.745. The molecule has 2 nitrogen and oxygen atoms in total. The monoisotopic (exact) mass is 189 g/mol. The van der Waals surface area contributed by atoms with Gasteiger partial charge >= 0.3 is 5.97 Å². The third-order valence-electron chi connectivity index (χ3n) is 0.302.